The number of nitro benzene ring substituents is 1. The van der Waals surface area contributed by atoms with E-state index in [-0.39, 0.29) is 22.6 Å². The zero-order valence-corrected chi connectivity index (χ0v) is 13.3. The molecule has 0 saturated heterocycles. The number of pyridine rings is 1. The molecule has 0 amide bonds. The lowest BCUT2D eigenvalue weighted by Gasteiger charge is -2.09. The molecule has 0 bridgehead atoms. The van der Waals surface area contributed by atoms with E-state index in [1.54, 1.807) is 30.5 Å². The highest BCUT2D eigenvalue weighted by molar-refractivity contribution is 6.35. The van der Waals surface area contributed by atoms with E-state index in [9.17, 15) is 14.9 Å². The van der Waals surface area contributed by atoms with Crippen molar-refractivity contribution < 1.29 is 14.5 Å². The van der Waals surface area contributed by atoms with Gasteiger partial charge in [0.2, 0.25) is 0 Å². The maximum Gasteiger partial charge on any atom is 0.344 e. The molecule has 24 heavy (non-hydrogen) atoms. The molecule has 0 radical (unpaired) electrons. The molecule has 2 aromatic carbocycles. The molecule has 1 heterocycles. The number of nitro groups is 1. The number of fused-ring (bicyclic) bond motifs is 1. The predicted molar refractivity (Wildman–Crippen MR) is 89.5 cm³/mol. The van der Waals surface area contributed by atoms with Gasteiger partial charge in [-0.25, -0.2) is 4.79 Å². The number of benzene rings is 2. The Hall–Kier alpha value is -2.99. The van der Waals surface area contributed by atoms with Crippen LogP contribution in [0.25, 0.3) is 10.9 Å². The smallest absolute Gasteiger partial charge is 0.344 e. The van der Waals surface area contributed by atoms with E-state index in [1.165, 1.54) is 25.1 Å². The Morgan fingerprint density at radius 2 is 2.00 bits per heavy atom. The third-order valence-corrected chi connectivity index (χ3v) is 3.93. The first-order chi connectivity index (χ1) is 11.5. The van der Waals surface area contributed by atoms with Crippen LogP contribution in [0.1, 0.15) is 15.9 Å². The van der Waals surface area contributed by atoms with Gasteiger partial charge in [-0.3, -0.25) is 15.1 Å². The Morgan fingerprint density at radius 1 is 1.21 bits per heavy atom. The van der Waals surface area contributed by atoms with Crippen LogP contribution in [0.15, 0.2) is 48.7 Å². The number of ether oxygens (including phenoxy) is 1. The number of rotatable bonds is 3. The minimum absolute atomic E-state index is 0.128. The maximum atomic E-state index is 12.4. The van der Waals surface area contributed by atoms with Gasteiger partial charge < -0.3 is 4.74 Å². The fourth-order valence-corrected chi connectivity index (χ4v) is 2.61. The second kappa shape index (κ2) is 6.25. The number of nitrogens with zero attached hydrogens (tertiary/aromatic N) is 2. The molecule has 0 N–H and O–H groups in total. The van der Waals surface area contributed by atoms with Crippen molar-refractivity contribution in [2.45, 2.75) is 6.92 Å². The topological polar surface area (TPSA) is 82.3 Å². The first kappa shape index (κ1) is 15.9. The quantitative estimate of drug-likeness (QED) is 0.306. The van der Waals surface area contributed by atoms with Crippen LogP contribution in [0.2, 0.25) is 5.02 Å². The van der Waals surface area contributed by atoms with Gasteiger partial charge in [0.15, 0.2) is 5.75 Å². The highest BCUT2D eigenvalue weighted by Crippen LogP contribution is 2.30. The lowest BCUT2D eigenvalue weighted by Crippen LogP contribution is -2.11. The number of carbonyl (C=O) groups excluding carboxylic acids is 1. The second-order valence-electron chi connectivity index (χ2n) is 5.04. The molecule has 0 atom stereocenters. The third kappa shape index (κ3) is 2.79. The molecule has 0 spiro atoms. The fraction of sp³-hybridized carbons (Fsp3) is 0.0588. The van der Waals surface area contributed by atoms with Crippen LogP contribution < -0.4 is 4.74 Å². The van der Waals surface area contributed by atoms with E-state index in [0.717, 1.165) is 0 Å². The van der Waals surface area contributed by atoms with Crippen LogP contribution in [0.5, 0.6) is 5.75 Å². The molecule has 6 nitrogen and oxygen atoms in total. The maximum absolute atomic E-state index is 12.4. The molecule has 0 aliphatic rings. The van der Waals surface area contributed by atoms with E-state index in [0.29, 0.717) is 15.9 Å². The zero-order valence-electron chi connectivity index (χ0n) is 12.5. The lowest BCUT2D eigenvalue weighted by atomic mass is 10.1. The number of esters is 1. The van der Waals surface area contributed by atoms with Gasteiger partial charge in [0.05, 0.1) is 15.5 Å². The third-order valence-electron chi connectivity index (χ3n) is 3.60. The Labute approximate surface area is 141 Å². The van der Waals surface area contributed by atoms with Gasteiger partial charge in [0.1, 0.15) is 5.52 Å². The number of hydrogen-bond donors (Lipinski definition) is 0. The summed E-state index contributed by atoms with van der Waals surface area (Å²) < 4.78 is 5.40. The SMILES string of the molecule is Cc1c(C(=O)Oc2ccc(Cl)c3cccnc23)cccc1[N+](=O)[O-]. The summed E-state index contributed by atoms with van der Waals surface area (Å²) in [5.41, 5.74) is 0.687. The van der Waals surface area contributed by atoms with Gasteiger partial charge in [0, 0.05) is 23.2 Å². The van der Waals surface area contributed by atoms with Gasteiger partial charge in [-0.15, -0.1) is 0 Å². The van der Waals surface area contributed by atoms with E-state index in [2.05, 4.69) is 4.98 Å². The molecule has 3 aromatic rings. The van der Waals surface area contributed by atoms with Crippen molar-refractivity contribution in [3.63, 3.8) is 0 Å². The van der Waals surface area contributed by atoms with Gasteiger partial charge in [0.25, 0.3) is 5.69 Å². The van der Waals surface area contributed by atoms with Gasteiger partial charge >= 0.3 is 5.97 Å². The molecule has 7 heteroatoms. The van der Waals surface area contributed by atoms with Crippen molar-refractivity contribution in [3.8, 4) is 5.75 Å². The van der Waals surface area contributed by atoms with Crippen LogP contribution in [-0.2, 0) is 0 Å². The second-order valence-corrected chi connectivity index (χ2v) is 5.45. The minimum atomic E-state index is -0.689. The largest absolute Gasteiger partial charge is 0.421 e. The van der Waals surface area contributed by atoms with Crippen LogP contribution in [0.3, 0.4) is 0 Å². The van der Waals surface area contributed by atoms with Gasteiger partial charge in [-0.2, -0.15) is 0 Å². The molecule has 0 saturated carbocycles. The molecule has 0 fully saturated rings. The highest BCUT2D eigenvalue weighted by Gasteiger charge is 2.20. The molecule has 120 valence electrons. The van der Waals surface area contributed by atoms with Crippen LogP contribution in [0.4, 0.5) is 5.69 Å². The van der Waals surface area contributed by atoms with E-state index >= 15 is 0 Å². The fourth-order valence-electron chi connectivity index (χ4n) is 2.39. The van der Waals surface area contributed by atoms with Crippen molar-refractivity contribution in [1.29, 1.82) is 0 Å². The molecule has 3 rings (SSSR count). The summed E-state index contributed by atoms with van der Waals surface area (Å²) in [5.74, 6) is -0.448. The van der Waals surface area contributed by atoms with Gasteiger partial charge in [-0.05, 0) is 37.3 Å². The van der Waals surface area contributed by atoms with Crippen LogP contribution in [-0.4, -0.2) is 15.9 Å². The monoisotopic (exact) mass is 342 g/mol. The van der Waals surface area contributed by atoms with Crippen molar-refractivity contribution in [1.82, 2.24) is 4.98 Å². The Morgan fingerprint density at radius 3 is 2.75 bits per heavy atom. The predicted octanol–water partition coefficient (Wildman–Crippen LogP) is 4.32. The van der Waals surface area contributed by atoms with Crippen molar-refractivity contribution in [2.24, 2.45) is 0 Å². The summed E-state index contributed by atoms with van der Waals surface area (Å²) in [6.07, 6.45) is 1.56. The first-order valence-corrected chi connectivity index (χ1v) is 7.36. The lowest BCUT2D eigenvalue weighted by molar-refractivity contribution is -0.385. The number of hydrogen-bond acceptors (Lipinski definition) is 5. The van der Waals surface area contributed by atoms with Gasteiger partial charge in [-0.1, -0.05) is 17.7 Å². The standard InChI is InChI=1S/C17H11ClN2O4/c1-10-11(4-2-6-14(10)20(22)23)17(21)24-15-8-7-13(18)12-5-3-9-19-16(12)15/h2-9H,1H3. The summed E-state index contributed by atoms with van der Waals surface area (Å²) in [4.78, 5) is 27.1. The van der Waals surface area contributed by atoms with Crippen LogP contribution in [0, 0.1) is 17.0 Å². The van der Waals surface area contributed by atoms with E-state index in [1.807, 2.05) is 0 Å². The summed E-state index contributed by atoms with van der Waals surface area (Å²) in [5, 5.41) is 12.1. The van der Waals surface area contributed by atoms with Crippen molar-refractivity contribution >= 4 is 34.2 Å². The van der Waals surface area contributed by atoms with E-state index in [4.69, 9.17) is 16.3 Å². The Kier molecular flexibility index (Phi) is 4.14. The van der Waals surface area contributed by atoms with Crippen molar-refractivity contribution in [2.75, 3.05) is 0 Å². The molecular weight excluding hydrogens is 332 g/mol. The van der Waals surface area contributed by atoms with E-state index < -0.39 is 10.9 Å². The average molecular weight is 343 g/mol. The average Bonchev–Trinajstić information content (AvgIpc) is 2.57. The van der Waals surface area contributed by atoms with Crippen molar-refractivity contribution in [3.05, 3.63) is 74.9 Å². The van der Waals surface area contributed by atoms with Crippen LogP contribution >= 0.6 is 11.6 Å². The molecular formula is C17H11ClN2O4. The summed E-state index contributed by atoms with van der Waals surface area (Å²) >= 11 is 6.11. The molecule has 1 aromatic heterocycles. The zero-order chi connectivity index (χ0) is 17.3. The summed E-state index contributed by atoms with van der Waals surface area (Å²) in [6.45, 7) is 1.51. The summed E-state index contributed by atoms with van der Waals surface area (Å²) in [7, 11) is 0. The minimum Gasteiger partial charge on any atom is -0.421 e. The molecule has 0 aliphatic heterocycles. The Balaban J connectivity index is 2.01. The number of aromatic nitrogens is 1. The first-order valence-electron chi connectivity index (χ1n) is 6.98. The number of halogens is 1. The molecule has 0 aliphatic carbocycles. The number of carbonyl (C=O) groups is 1. The highest BCUT2D eigenvalue weighted by atomic mass is 35.5. The molecule has 0 unspecified atom stereocenters. The Bertz CT molecular complexity index is 972. The normalized spacial score (nSPS) is 10.6. The summed E-state index contributed by atoms with van der Waals surface area (Å²) in [6, 6.07) is 10.9.